The summed E-state index contributed by atoms with van der Waals surface area (Å²) in [7, 11) is 0. The van der Waals surface area contributed by atoms with Crippen molar-refractivity contribution in [2.75, 3.05) is 18.5 Å². The summed E-state index contributed by atoms with van der Waals surface area (Å²) in [5.74, 6) is -0.269. The van der Waals surface area contributed by atoms with Crippen molar-refractivity contribution in [3.8, 4) is 0 Å². The number of halogens is 1. The van der Waals surface area contributed by atoms with Crippen molar-refractivity contribution in [3.05, 3.63) is 44.7 Å². The molecule has 0 spiro atoms. The highest BCUT2D eigenvalue weighted by molar-refractivity contribution is 7.22. The first-order valence-corrected chi connectivity index (χ1v) is 10.5. The Bertz CT molecular complexity index is 1030. The number of amides is 2. The molecule has 0 saturated carbocycles. The summed E-state index contributed by atoms with van der Waals surface area (Å²) in [5.41, 5.74) is 0.915. The molecule has 27 heavy (non-hydrogen) atoms. The lowest BCUT2D eigenvalue weighted by atomic mass is 10.2. The molecule has 0 unspecified atom stereocenters. The van der Waals surface area contributed by atoms with Crippen LogP contribution in [0, 0.1) is 0 Å². The summed E-state index contributed by atoms with van der Waals surface area (Å²) in [6, 6.07) is 7.65. The van der Waals surface area contributed by atoms with Gasteiger partial charge in [0.25, 0.3) is 5.91 Å². The van der Waals surface area contributed by atoms with Gasteiger partial charge in [0.1, 0.15) is 4.88 Å². The summed E-state index contributed by atoms with van der Waals surface area (Å²) in [6.45, 7) is 3.14. The maximum atomic E-state index is 12.7. The molecule has 0 radical (unpaired) electrons. The molecule has 3 heterocycles. The van der Waals surface area contributed by atoms with Crippen LogP contribution in [0.3, 0.4) is 0 Å². The first kappa shape index (κ1) is 18.2. The van der Waals surface area contributed by atoms with Gasteiger partial charge in [-0.3, -0.25) is 10.1 Å². The van der Waals surface area contributed by atoms with Crippen LogP contribution in [0.15, 0.2) is 24.3 Å². The Morgan fingerprint density at radius 2 is 2.15 bits per heavy atom. The molecule has 2 amide bonds. The zero-order valence-electron chi connectivity index (χ0n) is 14.5. The maximum Gasteiger partial charge on any atom is 0.410 e. The van der Waals surface area contributed by atoms with Gasteiger partial charge >= 0.3 is 6.09 Å². The lowest BCUT2D eigenvalue weighted by molar-refractivity contribution is 0.102. The topological polar surface area (TPSA) is 71.5 Å². The minimum Gasteiger partial charge on any atom is -0.450 e. The molecule has 3 aromatic rings. The number of thiazole rings is 1. The maximum absolute atomic E-state index is 12.7. The molecular formula is C18H16ClN3O3S2. The normalized spacial score (nSPS) is 13.5. The number of rotatable bonds is 3. The molecular weight excluding hydrogens is 406 g/mol. The summed E-state index contributed by atoms with van der Waals surface area (Å²) >= 11 is 9.12. The molecule has 0 atom stereocenters. The average Bonchev–Trinajstić information content (AvgIpc) is 3.22. The van der Waals surface area contributed by atoms with Gasteiger partial charge < -0.3 is 9.64 Å². The van der Waals surface area contributed by atoms with Gasteiger partial charge in [-0.1, -0.05) is 41.1 Å². The number of fused-ring (bicyclic) bond motifs is 2. The molecule has 1 N–H and O–H groups in total. The smallest absolute Gasteiger partial charge is 0.410 e. The molecule has 9 heteroatoms. The fraction of sp³-hybridized carbons (Fsp3) is 0.278. The van der Waals surface area contributed by atoms with Gasteiger partial charge in [0.2, 0.25) is 0 Å². The van der Waals surface area contributed by atoms with Crippen LogP contribution in [0.5, 0.6) is 0 Å². The van der Waals surface area contributed by atoms with E-state index in [1.165, 1.54) is 22.7 Å². The second-order valence-electron chi connectivity index (χ2n) is 5.95. The zero-order chi connectivity index (χ0) is 19.0. The predicted octanol–water partition coefficient (Wildman–Crippen LogP) is 4.78. The second-order valence-corrected chi connectivity index (χ2v) is 8.47. The molecule has 0 bridgehead atoms. The minimum atomic E-state index is -0.320. The summed E-state index contributed by atoms with van der Waals surface area (Å²) in [5, 5.41) is 4.70. The van der Waals surface area contributed by atoms with Crippen LogP contribution in [-0.2, 0) is 17.7 Å². The van der Waals surface area contributed by atoms with E-state index in [9.17, 15) is 9.59 Å². The Labute approximate surface area is 168 Å². The Hall–Kier alpha value is -2.16. The highest BCUT2D eigenvalue weighted by Crippen LogP contribution is 2.36. The third-order valence-corrected chi connectivity index (χ3v) is 6.89. The number of benzene rings is 1. The van der Waals surface area contributed by atoms with E-state index in [0.29, 0.717) is 41.1 Å². The first-order chi connectivity index (χ1) is 13.1. The number of ether oxygens (including phenoxy) is 1. The van der Waals surface area contributed by atoms with Gasteiger partial charge in [0.15, 0.2) is 5.13 Å². The van der Waals surface area contributed by atoms with Gasteiger partial charge in [0, 0.05) is 27.9 Å². The van der Waals surface area contributed by atoms with E-state index < -0.39 is 0 Å². The number of anilines is 1. The Morgan fingerprint density at radius 1 is 1.33 bits per heavy atom. The van der Waals surface area contributed by atoms with Crippen LogP contribution in [0.2, 0.25) is 5.02 Å². The number of carbonyl (C=O) groups excluding carboxylic acids is 2. The van der Waals surface area contributed by atoms with Gasteiger partial charge in [-0.15, -0.1) is 11.3 Å². The lowest BCUT2D eigenvalue weighted by Gasteiger charge is -2.24. The number of aromatic nitrogens is 1. The Kier molecular flexibility index (Phi) is 5.03. The zero-order valence-corrected chi connectivity index (χ0v) is 16.8. The van der Waals surface area contributed by atoms with Gasteiger partial charge in [0.05, 0.1) is 23.9 Å². The standard InChI is InChI=1S/C18H16ClN3O3S2/c1-2-25-18(24)22-8-7-11-13(9-22)27-17(20-11)21-16(23)15-14(19)10-5-3-4-6-12(10)26-15/h3-6H,2,7-9H2,1H3,(H,20,21,23). The van der Waals surface area contributed by atoms with Crippen LogP contribution in [0.25, 0.3) is 10.1 Å². The quantitative estimate of drug-likeness (QED) is 0.660. The van der Waals surface area contributed by atoms with Crippen molar-refractivity contribution < 1.29 is 14.3 Å². The largest absolute Gasteiger partial charge is 0.450 e. The van der Waals surface area contributed by atoms with Crippen LogP contribution < -0.4 is 5.32 Å². The summed E-state index contributed by atoms with van der Waals surface area (Å²) < 4.78 is 6.02. The van der Waals surface area contributed by atoms with Crippen molar-refractivity contribution in [1.82, 2.24) is 9.88 Å². The highest BCUT2D eigenvalue weighted by Gasteiger charge is 2.26. The Balaban J connectivity index is 1.51. The molecule has 2 aromatic heterocycles. The molecule has 1 aromatic carbocycles. The number of hydrogen-bond donors (Lipinski definition) is 1. The van der Waals surface area contributed by atoms with Gasteiger partial charge in [-0.05, 0) is 13.0 Å². The fourth-order valence-corrected chi connectivity index (χ4v) is 5.36. The summed E-state index contributed by atoms with van der Waals surface area (Å²) in [4.78, 5) is 32.2. The van der Waals surface area contributed by atoms with E-state index in [1.807, 2.05) is 24.3 Å². The molecule has 140 valence electrons. The van der Waals surface area contributed by atoms with E-state index in [4.69, 9.17) is 16.3 Å². The fourth-order valence-electron chi connectivity index (χ4n) is 2.93. The highest BCUT2D eigenvalue weighted by atomic mass is 35.5. The first-order valence-electron chi connectivity index (χ1n) is 8.45. The lowest BCUT2D eigenvalue weighted by Crippen LogP contribution is -2.35. The van der Waals surface area contributed by atoms with Crippen molar-refractivity contribution in [2.45, 2.75) is 19.9 Å². The van der Waals surface area contributed by atoms with E-state index in [0.717, 1.165) is 20.7 Å². The van der Waals surface area contributed by atoms with Crippen molar-refractivity contribution >= 4 is 61.5 Å². The third kappa shape index (κ3) is 3.52. The van der Waals surface area contributed by atoms with E-state index in [2.05, 4.69) is 10.3 Å². The summed E-state index contributed by atoms with van der Waals surface area (Å²) in [6.07, 6.45) is 0.323. The van der Waals surface area contributed by atoms with Crippen LogP contribution in [0.1, 0.15) is 27.2 Å². The van der Waals surface area contributed by atoms with E-state index in [-0.39, 0.29) is 12.0 Å². The van der Waals surface area contributed by atoms with Crippen LogP contribution in [-0.4, -0.2) is 35.0 Å². The molecule has 0 fully saturated rings. The molecule has 0 saturated heterocycles. The number of thiophene rings is 1. The monoisotopic (exact) mass is 421 g/mol. The van der Waals surface area contributed by atoms with Gasteiger partial charge in [-0.2, -0.15) is 0 Å². The number of nitrogens with zero attached hydrogens (tertiary/aromatic N) is 2. The van der Waals surface area contributed by atoms with Crippen molar-refractivity contribution in [2.24, 2.45) is 0 Å². The minimum absolute atomic E-state index is 0.269. The number of nitrogens with one attached hydrogen (secondary N) is 1. The molecule has 4 rings (SSSR count). The van der Waals surface area contributed by atoms with Crippen LogP contribution >= 0.6 is 34.3 Å². The van der Waals surface area contributed by atoms with Crippen LogP contribution in [0.4, 0.5) is 9.93 Å². The van der Waals surface area contributed by atoms with E-state index >= 15 is 0 Å². The van der Waals surface area contributed by atoms with Crippen molar-refractivity contribution in [3.63, 3.8) is 0 Å². The average molecular weight is 422 g/mol. The van der Waals surface area contributed by atoms with E-state index in [1.54, 1.807) is 11.8 Å². The number of hydrogen-bond acceptors (Lipinski definition) is 6. The third-order valence-electron chi connectivity index (χ3n) is 4.22. The molecule has 6 nitrogen and oxygen atoms in total. The molecule has 0 aliphatic carbocycles. The molecule has 1 aliphatic heterocycles. The second kappa shape index (κ2) is 7.46. The number of carbonyl (C=O) groups is 2. The van der Waals surface area contributed by atoms with Gasteiger partial charge in [-0.25, -0.2) is 9.78 Å². The van der Waals surface area contributed by atoms with Crippen molar-refractivity contribution in [1.29, 1.82) is 0 Å². The molecule has 1 aliphatic rings. The Morgan fingerprint density at radius 3 is 2.93 bits per heavy atom. The SMILES string of the molecule is CCOC(=O)N1CCc2nc(NC(=O)c3sc4ccccc4c3Cl)sc2C1. The predicted molar refractivity (Wildman–Crippen MR) is 108 cm³/mol.